The van der Waals surface area contributed by atoms with Crippen LogP contribution in [0, 0.1) is 6.92 Å². The third-order valence-electron chi connectivity index (χ3n) is 3.74. The molecule has 0 unspecified atom stereocenters. The Balaban J connectivity index is 1.66. The van der Waals surface area contributed by atoms with Gasteiger partial charge in [-0.2, -0.15) is 0 Å². The summed E-state index contributed by atoms with van der Waals surface area (Å²) >= 11 is 13.8. The minimum absolute atomic E-state index is 0.183. The molecule has 0 saturated heterocycles. The number of hydrogen-bond donors (Lipinski definition) is 1. The number of hydrogen-bond acceptors (Lipinski definition) is 3. The average Bonchev–Trinajstić information content (AvgIpc) is 3.00. The second-order valence-corrected chi connectivity index (χ2v) is 7.48. The molecule has 0 aliphatic heterocycles. The van der Waals surface area contributed by atoms with E-state index in [0.29, 0.717) is 16.6 Å². The first-order valence-corrected chi connectivity index (χ1v) is 9.53. The van der Waals surface area contributed by atoms with E-state index in [-0.39, 0.29) is 5.91 Å². The molecule has 1 aromatic heterocycles. The van der Waals surface area contributed by atoms with Gasteiger partial charge in [0.1, 0.15) is 5.01 Å². The van der Waals surface area contributed by atoms with Crippen molar-refractivity contribution >= 4 is 46.5 Å². The Hall–Kier alpha value is -2.14. The van der Waals surface area contributed by atoms with Crippen LogP contribution in [0.25, 0.3) is 16.6 Å². The maximum atomic E-state index is 12.1. The largest absolute Gasteiger partial charge is 0.348 e. The van der Waals surface area contributed by atoms with Crippen LogP contribution in [0.5, 0.6) is 0 Å². The lowest BCUT2D eigenvalue weighted by atomic mass is 10.2. The Morgan fingerprint density at radius 1 is 1.12 bits per heavy atom. The van der Waals surface area contributed by atoms with Crippen molar-refractivity contribution in [3.63, 3.8) is 0 Å². The van der Waals surface area contributed by atoms with Crippen molar-refractivity contribution in [3.05, 3.63) is 80.8 Å². The molecule has 3 rings (SSSR count). The molecule has 0 aliphatic rings. The number of nitrogens with zero attached hydrogens (tertiary/aromatic N) is 1. The molecule has 3 aromatic rings. The molecule has 0 saturated carbocycles. The van der Waals surface area contributed by atoms with Gasteiger partial charge in [0, 0.05) is 21.5 Å². The minimum Gasteiger partial charge on any atom is -0.348 e. The summed E-state index contributed by atoms with van der Waals surface area (Å²) in [5, 5.41) is 5.01. The number of aromatic nitrogens is 1. The molecule has 0 aliphatic carbocycles. The maximum absolute atomic E-state index is 12.1. The molecule has 0 atom stereocenters. The number of benzene rings is 2. The van der Waals surface area contributed by atoms with Crippen LogP contribution < -0.4 is 5.32 Å². The van der Waals surface area contributed by atoms with Crippen LogP contribution in [-0.4, -0.2) is 10.9 Å². The summed E-state index contributed by atoms with van der Waals surface area (Å²) in [7, 11) is 0. The van der Waals surface area contributed by atoms with Gasteiger partial charge in [0.05, 0.1) is 17.3 Å². The van der Waals surface area contributed by atoms with Crippen LogP contribution in [-0.2, 0) is 11.3 Å². The molecule has 3 nitrogen and oxygen atoms in total. The second kappa shape index (κ2) is 8.49. The Morgan fingerprint density at radius 3 is 2.54 bits per heavy atom. The zero-order valence-electron chi connectivity index (χ0n) is 14.0. The van der Waals surface area contributed by atoms with E-state index in [0.717, 1.165) is 26.7 Å². The predicted octanol–water partition coefficient (Wildman–Crippen LogP) is 5.75. The fourth-order valence-corrected chi connectivity index (χ4v) is 3.87. The molecule has 0 radical (unpaired) electrons. The Kier molecular flexibility index (Phi) is 6.09. The van der Waals surface area contributed by atoms with E-state index in [1.165, 1.54) is 17.4 Å². The highest BCUT2D eigenvalue weighted by atomic mass is 35.5. The van der Waals surface area contributed by atoms with Crippen molar-refractivity contribution < 1.29 is 4.79 Å². The third kappa shape index (κ3) is 4.52. The molecule has 132 valence electrons. The highest BCUT2D eigenvalue weighted by molar-refractivity contribution is 7.15. The minimum atomic E-state index is -0.183. The molecule has 0 fully saturated rings. The number of halogens is 2. The van der Waals surface area contributed by atoms with Gasteiger partial charge in [-0.1, -0.05) is 59.6 Å². The van der Waals surface area contributed by atoms with E-state index in [1.54, 1.807) is 12.1 Å². The molecular weight excluding hydrogens is 387 g/mol. The number of thiazole rings is 1. The molecular formula is C20H16Cl2N2OS. The summed E-state index contributed by atoms with van der Waals surface area (Å²) in [6.07, 6.45) is 3.18. The van der Waals surface area contributed by atoms with Gasteiger partial charge < -0.3 is 5.32 Å². The van der Waals surface area contributed by atoms with Gasteiger partial charge in [-0.15, -0.1) is 11.3 Å². The normalized spacial score (nSPS) is 11.0. The van der Waals surface area contributed by atoms with Crippen molar-refractivity contribution in [2.75, 3.05) is 0 Å². The van der Waals surface area contributed by atoms with E-state index in [9.17, 15) is 4.79 Å². The van der Waals surface area contributed by atoms with Crippen LogP contribution in [0.3, 0.4) is 0 Å². The number of rotatable bonds is 5. The third-order valence-corrected chi connectivity index (χ3v) is 5.60. The maximum Gasteiger partial charge on any atom is 0.244 e. The quantitative estimate of drug-likeness (QED) is 0.551. The van der Waals surface area contributed by atoms with E-state index < -0.39 is 0 Å². The van der Waals surface area contributed by atoms with Gasteiger partial charge in [-0.05, 0) is 30.7 Å². The van der Waals surface area contributed by atoms with Crippen molar-refractivity contribution in [3.8, 4) is 10.6 Å². The zero-order valence-corrected chi connectivity index (χ0v) is 16.3. The Bertz CT molecular complexity index is 966. The van der Waals surface area contributed by atoms with Gasteiger partial charge >= 0.3 is 0 Å². The summed E-state index contributed by atoms with van der Waals surface area (Å²) in [5.41, 5.74) is 2.60. The molecule has 0 spiro atoms. The summed E-state index contributed by atoms with van der Waals surface area (Å²) in [6.45, 7) is 2.34. The average molecular weight is 403 g/mol. The number of nitrogens with one attached hydrogen (secondary N) is 1. The lowest BCUT2D eigenvalue weighted by Crippen LogP contribution is -2.20. The van der Waals surface area contributed by atoms with Crippen LogP contribution in [0.2, 0.25) is 10.0 Å². The molecule has 2 aromatic carbocycles. The molecule has 1 N–H and O–H groups in total. The van der Waals surface area contributed by atoms with Gasteiger partial charge in [0.15, 0.2) is 0 Å². The SMILES string of the molecule is Cc1nc(-c2ccccc2Cl)sc1CNC(=O)/C=C/c1ccccc1Cl. The fourth-order valence-electron chi connectivity index (χ4n) is 2.34. The van der Waals surface area contributed by atoms with Gasteiger partial charge in [-0.3, -0.25) is 4.79 Å². The molecule has 6 heteroatoms. The van der Waals surface area contributed by atoms with Crippen LogP contribution >= 0.6 is 34.5 Å². The van der Waals surface area contributed by atoms with Gasteiger partial charge in [0.2, 0.25) is 5.91 Å². The highest BCUT2D eigenvalue weighted by Crippen LogP contribution is 2.32. The number of carbonyl (C=O) groups is 1. The highest BCUT2D eigenvalue weighted by Gasteiger charge is 2.12. The van der Waals surface area contributed by atoms with Gasteiger partial charge in [0.25, 0.3) is 0 Å². The summed E-state index contributed by atoms with van der Waals surface area (Å²) in [5.74, 6) is -0.183. The van der Waals surface area contributed by atoms with E-state index in [4.69, 9.17) is 23.2 Å². The standard InChI is InChI=1S/C20H16Cl2N2OS/c1-13-18(26-20(24-13)15-7-3-5-9-17(15)22)12-23-19(25)11-10-14-6-2-4-8-16(14)21/h2-11H,12H2,1H3,(H,23,25)/b11-10+. The molecule has 1 amide bonds. The first-order chi connectivity index (χ1) is 12.5. The van der Waals surface area contributed by atoms with Crippen molar-refractivity contribution in [1.29, 1.82) is 0 Å². The number of carbonyl (C=O) groups excluding carboxylic acids is 1. The zero-order chi connectivity index (χ0) is 18.5. The molecule has 1 heterocycles. The van der Waals surface area contributed by atoms with Crippen LogP contribution in [0.4, 0.5) is 0 Å². The van der Waals surface area contributed by atoms with Gasteiger partial charge in [-0.25, -0.2) is 4.98 Å². The van der Waals surface area contributed by atoms with Crippen molar-refractivity contribution in [2.45, 2.75) is 13.5 Å². The second-order valence-electron chi connectivity index (χ2n) is 5.58. The number of aryl methyl sites for hydroxylation is 1. The summed E-state index contributed by atoms with van der Waals surface area (Å²) in [6, 6.07) is 15.0. The first kappa shape index (κ1) is 18.6. The van der Waals surface area contributed by atoms with E-state index in [2.05, 4.69) is 10.3 Å². The fraction of sp³-hybridized carbons (Fsp3) is 0.100. The van der Waals surface area contributed by atoms with Crippen LogP contribution in [0.15, 0.2) is 54.6 Å². The smallest absolute Gasteiger partial charge is 0.244 e. The monoisotopic (exact) mass is 402 g/mol. The Labute approximate surface area is 166 Å². The van der Waals surface area contributed by atoms with E-state index in [1.807, 2.05) is 49.4 Å². The lowest BCUT2D eigenvalue weighted by Gasteiger charge is -2.01. The predicted molar refractivity (Wildman–Crippen MR) is 110 cm³/mol. The Morgan fingerprint density at radius 2 is 1.81 bits per heavy atom. The van der Waals surface area contributed by atoms with Crippen LogP contribution in [0.1, 0.15) is 16.1 Å². The molecule has 26 heavy (non-hydrogen) atoms. The topological polar surface area (TPSA) is 42.0 Å². The summed E-state index contributed by atoms with van der Waals surface area (Å²) < 4.78 is 0. The molecule has 0 bridgehead atoms. The van der Waals surface area contributed by atoms with Crippen molar-refractivity contribution in [1.82, 2.24) is 10.3 Å². The number of amides is 1. The first-order valence-electron chi connectivity index (χ1n) is 7.96. The lowest BCUT2D eigenvalue weighted by molar-refractivity contribution is -0.116. The van der Waals surface area contributed by atoms with E-state index >= 15 is 0 Å². The van der Waals surface area contributed by atoms with Crippen molar-refractivity contribution in [2.24, 2.45) is 0 Å². The summed E-state index contributed by atoms with van der Waals surface area (Å²) in [4.78, 5) is 17.6.